The first-order valence-electron chi connectivity index (χ1n) is 6.35. The van der Waals surface area contributed by atoms with Crippen LogP contribution in [0.25, 0.3) is 10.9 Å². The molecule has 0 fully saturated rings. The molecule has 2 aromatic carbocycles. The molecule has 5 heteroatoms. The van der Waals surface area contributed by atoms with Gasteiger partial charge in [0, 0.05) is 27.6 Å². The van der Waals surface area contributed by atoms with Crippen molar-refractivity contribution in [2.45, 2.75) is 6.54 Å². The van der Waals surface area contributed by atoms with Gasteiger partial charge in [-0.2, -0.15) is 0 Å². The quantitative estimate of drug-likeness (QED) is 0.672. The second-order valence-electron chi connectivity index (χ2n) is 4.62. The van der Waals surface area contributed by atoms with Crippen LogP contribution >= 0.6 is 27.5 Å². The molecule has 2 nitrogen and oxygen atoms in total. The molecule has 1 N–H and O–H groups in total. The summed E-state index contributed by atoms with van der Waals surface area (Å²) < 4.78 is 14.0. The van der Waals surface area contributed by atoms with Crippen molar-refractivity contribution in [2.75, 3.05) is 5.32 Å². The Bertz CT molecular complexity index is 807. The highest BCUT2D eigenvalue weighted by atomic mass is 79.9. The van der Waals surface area contributed by atoms with E-state index in [0.717, 1.165) is 26.6 Å². The Morgan fingerprint density at radius 3 is 2.86 bits per heavy atom. The lowest BCUT2D eigenvalue weighted by atomic mass is 10.1. The molecule has 0 atom stereocenters. The average molecular weight is 366 g/mol. The number of nitrogens with one attached hydrogen (secondary N) is 1. The number of hydrogen-bond donors (Lipinski definition) is 1. The van der Waals surface area contributed by atoms with Gasteiger partial charge in [-0.25, -0.2) is 4.39 Å². The van der Waals surface area contributed by atoms with Crippen molar-refractivity contribution in [3.8, 4) is 0 Å². The van der Waals surface area contributed by atoms with Gasteiger partial charge in [-0.05, 0) is 45.8 Å². The van der Waals surface area contributed by atoms with Crippen LogP contribution in [0.3, 0.4) is 0 Å². The summed E-state index contributed by atoms with van der Waals surface area (Å²) in [7, 11) is 0. The van der Waals surface area contributed by atoms with E-state index in [2.05, 4.69) is 26.2 Å². The largest absolute Gasteiger partial charge is 0.379 e. The Balaban J connectivity index is 1.88. The Morgan fingerprint density at radius 1 is 1.19 bits per heavy atom. The van der Waals surface area contributed by atoms with E-state index in [-0.39, 0.29) is 5.82 Å². The summed E-state index contributed by atoms with van der Waals surface area (Å²) in [6, 6.07) is 12.3. The fourth-order valence-electron chi connectivity index (χ4n) is 2.13. The SMILES string of the molecule is Fc1ccc(CNc2cccc3cc(Br)cnc23)c(Cl)c1. The van der Waals surface area contributed by atoms with Gasteiger partial charge in [-0.15, -0.1) is 0 Å². The fourth-order valence-corrected chi connectivity index (χ4v) is 2.72. The molecule has 0 saturated heterocycles. The van der Waals surface area contributed by atoms with Crippen molar-refractivity contribution in [3.63, 3.8) is 0 Å². The number of aromatic nitrogens is 1. The summed E-state index contributed by atoms with van der Waals surface area (Å²) in [6.45, 7) is 0.510. The van der Waals surface area contributed by atoms with Crippen molar-refractivity contribution in [2.24, 2.45) is 0 Å². The van der Waals surface area contributed by atoms with Crippen LogP contribution in [0.1, 0.15) is 5.56 Å². The van der Waals surface area contributed by atoms with Gasteiger partial charge >= 0.3 is 0 Å². The molecule has 0 aliphatic heterocycles. The molecule has 0 aliphatic rings. The van der Waals surface area contributed by atoms with Gasteiger partial charge in [0.1, 0.15) is 5.82 Å². The van der Waals surface area contributed by atoms with E-state index >= 15 is 0 Å². The second-order valence-corrected chi connectivity index (χ2v) is 5.94. The number of pyridine rings is 1. The number of nitrogens with zero attached hydrogens (tertiary/aromatic N) is 1. The lowest BCUT2D eigenvalue weighted by Gasteiger charge is -2.10. The van der Waals surface area contributed by atoms with Gasteiger partial charge < -0.3 is 5.32 Å². The Morgan fingerprint density at radius 2 is 2.05 bits per heavy atom. The van der Waals surface area contributed by atoms with Gasteiger partial charge in [0.25, 0.3) is 0 Å². The zero-order valence-electron chi connectivity index (χ0n) is 10.9. The number of rotatable bonds is 3. The molecular formula is C16H11BrClFN2. The second kappa shape index (κ2) is 6.00. The van der Waals surface area contributed by atoms with E-state index in [1.807, 2.05) is 24.3 Å². The number of anilines is 1. The van der Waals surface area contributed by atoms with E-state index in [4.69, 9.17) is 11.6 Å². The van der Waals surface area contributed by atoms with Gasteiger partial charge in [0.2, 0.25) is 0 Å². The minimum atomic E-state index is -0.333. The molecule has 0 bridgehead atoms. The molecule has 1 aromatic heterocycles. The van der Waals surface area contributed by atoms with Gasteiger partial charge in [-0.1, -0.05) is 29.8 Å². The minimum Gasteiger partial charge on any atom is -0.379 e. The molecule has 1 heterocycles. The third-order valence-electron chi connectivity index (χ3n) is 3.16. The maximum absolute atomic E-state index is 13.0. The van der Waals surface area contributed by atoms with Crippen LogP contribution in [-0.2, 0) is 6.54 Å². The van der Waals surface area contributed by atoms with Crippen LogP contribution in [0.4, 0.5) is 10.1 Å². The number of fused-ring (bicyclic) bond motifs is 1. The standard InChI is InChI=1S/C16H11BrClFN2/c17-12-6-10-2-1-3-15(16(10)21-9-12)20-8-11-4-5-13(19)7-14(11)18/h1-7,9,20H,8H2. The molecule has 0 radical (unpaired) electrons. The summed E-state index contributed by atoms with van der Waals surface area (Å²) in [5.74, 6) is -0.333. The molecule has 106 valence electrons. The van der Waals surface area contributed by atoms with Crippen LogP contribution in [0.15, 0.2) is 53.1 Å². The van der Waals surface area contributed by atoms with Crippen molar-refractivity contribution in [1.29, 1.82) is 0 Å². The normalized spacial score (nSPS) is 10.8. The topological polar surface area (TPSA) is 24.9 Å². The highest BCUT2D eigenvalue weighted by Crippen LogP contribution is 2.25. The van der Waals surface area contributed by atoms with E-state index in [0.29, 0.717) is 11.6 Å². The van der Waals surface area contributed by atoms with Gasteiger partial charge in [0.15, 0.2) is 0 Å². The highest BCUT2D eigenvalue weighted by Gasteiger charge is 2.05. The predicted octanol–water partition coefficient (Wildman–Crippen LogP) is 5.40. The first-order chi connectivity index (χ1) is 10.1. The van der Waals surface area contributed by atoms with E-state index in [1.54, 1.807) is 12.3 Å². The monoisotopic (exact) mass is 364 g/mol. The zero-order valence-corrected chi connectivity index (χ0v) is 13.2. The molecule has 3 rings (SSSR count). The van der Waals surface area contributed by atoms with E-state index in [9.17, 15) is 4.39 Å². The average Bonchev–Trinajstić information content (AvgIpc) is 2.46. The minimum absolute atomic E-state index is 0.333. The molecule has 0 spiro atoms. The van der Waals surface area contributed by atoms with Crippen molar-refractivity contribution in [3.05, 3.63) is 69.5 Å². The molecule has 3 aromatic rings. The Hall–Kier alpha value is -1.65. The Kier molecular flexibility index (Phi) is 4.08. The lowest BCUT2D eigenvalue weighted by molar-refractivity contribution is 0.627. The molecule has 0 aliphatic carbocycles. The lowest BCUT2D eigenvalue weighted by Crippen LogP contribution is -2.01. The molecular weight excluding hydrogens is 355 g/mol. The summed E-state index contributed by atoms with van der Waals surface area (Å²) >= 11 is 9.45. The summed E-state index contributed by atoms with van der Waals surface area (Å²) in [5.41, 5.74) is 2.64. The van der Waals surface area contributed by atoms with E-state index < -0.39 is 0 Å². The maximum atomic E-state index is 13.0. The molecule has 21 heavy (non-hydrogen) atoms. The number of benzene rings is 2. The van der Waals surface area contributed by atoms with Crippen LogP contribution in [-0.4, -0.2) is 4.98 Å². The summed E-state index contributed by atoms with van der Waals surface area (Å²) in [6.07, 6.45) is 1.76. The van der Waals surface area contributed by atoms with Crippen molar-refractivity contribution < 1.29 is 4.39 Å². The van der Waals surface area contributed by atoms with Gasteiger partial charge in [0.05, 0.1) is 11.2 Å². The third kappa shape index (κ3) is 3.17. The Labute approximate surface area is 135 Å². The molecule has 0 unspecified atom stereocenters. The first-order valence-corrected chi connectivity index (χ1v) is 7.52. The number of hydrogen-bond acceptors (Lipinski definition) is 2. The predicted molar refractivity (Wildman–Crippen MR) is 88.2 cm³/mol. The molecule has 0 amide bonds. The van der Waals surface area contributed by atoms with Crippen molar-refractivity contribution in [1.82, 2.24) is 4.98 Å². The number of para-hydroxylation sites is 1. The fraction of sp³-hybridized carbons (Fsp3) is 0.0625. The third-order valence-corrected chi connectivity index (χ3v) is 3.95. The van der Waals surface area contributed by atoms with Crippen molar-refractivity contribution >= 4 is 44.1 Å². The van der Waals surface area contributed by atoms with Crippen LogP contribution in [0.5, 0.6) is 0 Å². The van der Waals surface area contributed by atoms with Gasteiger partial charge in [-0.3, -0.25) is 4.98 Å². The van der Waals surface area contributed by atoms with E-state index in [1.165, 1.54) is 12.1 Å². The zero-order chi connectivity index (χ0) is 14.8. The highest BCUT2D eigenvalue weighted by molar-refractivity contribution is 9.10. The summed E-state index contributed by atoms with van der Waals surface area (Å²) in [5, 5.41) is 4.76. The van der Waals surface area contributed by atoms with Crippen LogP contribution < -0.4 is 5.32 Å². The smallest absolute Gasteiger partial charge is 0.124 e. The number of halogens is 3. The first kappa shape index (κ1) is 14.3. The van der Waals surface area contributed by atoms with Crippen LogP contribution in [0, 0.1) is 5.82 Å². The molecule has 0 saturated carbocycles. The van der Waals surface area contributed by atoms with Crippen LogP contribution in [0.2, 0.25) is 5.02 Å². The summed E-state index contributed by atoms with van der Waals surface area (Å²) in [4.78, 5) is 4.43. The maximum Gasteiger partial charge on any atom is 0.124 e.